The zero-order valence-corrected chi connectivity index (χ0v) is 11.1. The Morgan fingerprint density at radius 1 is 1.41 bits per heavy atom. The molecule has 0 aromatic carbocycles. The lowest BCUT2D eigenvalue weighted by molar-refractivity contribution is 0.180. The van der Waals surface area contributed by atoms with E-state index in [-0.39, 0.29) is 6.04 Å². The van der Waals surface area contributed by atoms with Crippen molar-refractivity contribution in [2.24, 2.45) is 17.1 Å². The first-order valence-corrected chi connectivity index (χ1v) is 6.86. The fourth-order valence-corrected chi connectivity index (χ4v) is 3.45. The van der Waals surface area contributed by atoms with Crippen molar-refractivity contribution in [1.82, 2.24) is 9.97 Å². The lowest BCUT2D eigenvalue weighted by atomic mass is 9.72. The van der Waals surface area contributed by atoms with Crippen LogP contribution in [0.3, 0.4) is 0 Å². The minimum Gasteiger partial charge on any atom is -0.349 e. The smallest absolute Gasteiger partial charge is 0.107 e. The van der Waals surface area contributed by atoms with Crippen LogP contribution in [0, 0.1) is 11.3 Å². The molecular formula is C14H25N3. The number of H-pyrrole nitrogens is 1. The van der Waals surface area contributed by atoms with Crippen molar-refractivity contribution in [3.05, 3.63) is 18.2 Å². The average Bonchev–Trinajstić information content (AvgIpc) is 2.88. The van der Waals surface area contributed by atoms with Crippen molar-refractivity contribution in [2.75, 3.05) is 0 Å². The Morgan fingerprint density at radius 3 is 2.65 bits per heavy atom. The van der Waals surface area contributed by atoms with Gasteiger partial charge in [0.15, 0.2) is 0 Å². The van der Waals surface area contributed by atoms with E-state index in [1.54, 1.807) is 0 Å². The maximum atomic E-state index is 6.49. The minimum absolute atomic E-state index is 0.249. The molecule has 1 fully saturated rings. The Bertz CT molecular complexity index is 323. The molecule has 1 atom stereocenters. The van der Waals surface area contributed by atoms with Gasteiger partial charge in [0.2, 0.25) is 0 Å². The van der Waals surface area contributed by atoms with E-state index in [4.69, 9.17) is 5.73 Å². The molecule has 1 aliphatic carbocycles. The highest BCUT2D eigenvalue weighted by Crippen LogP contribution is 2.45. The summed E-state index contributed by atoms with van der Waals surface area (Å²) in [5.41, 5.74) is 6.86. The summed E-state index contributed by atoms with van der Waals surface area (Å²) in [7, 11) is 0. The number of nitrogens with two attached hydrogens (primary N) is 1. The van der Waals surface area contributed by atoms with E-state index in [1.807, 2.05) is 12.4 Å². The van der Waals surface area contributed by atoms with Gasteiger partial charge in [-0.05, 0) is 30.6 Å². The second kappa shape index (κ2) is 5.21. The van der Waals surface area contributed by atoms with Crippen LogP contribution in [0.4, 0.5) is 0 Å². The van der Waals surface area contributed by atoms with Crippen molar-refractivity contribution in [3.8, 4) is 0 Å². The minimum atomic E-state index is 0.249. The topological polar surface area (TPSA) is 54.7 Å². The largest absolute Gasteiger partial charge is 0.349 e. The van der Waals surface area contributed by atoms with Crippen LogP contribution < -0.4 is 5.73 Å². The molecule has 1 saturated carbocycles. The predicted octanol–water partition coefficient (Wildman–Crippen LogP) is 2.89. The lowest BCUT2D eigenvalue weighted by Crippen LogP contribution is -2.42. The molecule has 1 aromatic rings. The Hall–Kier alpha value is -0.830. The van der Waals surface area contributed by atoms with Gasteiger partial charge in [-0.25, -0.2) is 4.98 Å². The third kappa shape index (κ3) is 2.89. The first-order chi connectivity index (χ1) is 8.12. The third-order valence-electron chi connectivity index (χ3n) is 4.17. The molecule has 0 spiro atoms. The van der Waals surface area contributed by atoms with E-state index in [0.717, 1.165) is 18.2 Å². The van der Waals surface area contributed by atoms with E-state index < -0.39 is 0 Å². The molecule has 0 saturated heterocycles. The van der Waals surface area contributed by atoms with Crippen LogP contribution in [0.5, 0.6) is 0 Å². The molecule has 1 heterocycles. The standard InChI is InChI=1S/C14H25N3/c1-11(2)10-14(5-3-4-6-14)12(15)9-13-16-7-8-17-13/h7-8,11-12H,3-6,9-10,15H2,1-2H3,(H,16,17). The quantitative estimate of drug-likeness (QED) is 0.824. The molecule has 0 aliphatic heterocycles. The van der Waals surface area contributed by atoms with Crippen LogP contribution in [0.2, 0.25) is 0 Å². The summed E-state index contributed by atoms with van der Waals surface area (Å²) >= 11 is 0. The summed E-state index contributed by atoms with van der Waals surface area (Å²) in [6, 6.07) is 0.249. The summed E-state index contributed by atoms with van der Waals surface area (Å²) in [6.45, 7) is 4.61. The number of nitrogens with one attached hydrogen (secondary N) is 1. The molecule has 1 unspecified atom stereocenters. The van der Waals surface area contributed by atoms with Crippen molar-refractivity contribution in [2.45, 2.75) is 58.4 Å². The van der Waals surface area contributed by atoms with Crippen LogP contribution in [-0.2, 0) is 6.42 Å². The van der Waals surface area contributed by atoms with E-state index in [0.29, 0.717) is 5.41 Å². The molecule has 3 nitrogen and oxygen atoms in total. The molecule has 3 heteroatoms. The molecule has 0 bridgehead atoms. The Balaban J connectivity index is 2.05. The van der Waals surface area contributed by atoms with Gasteiger partial charge in [0.25, 0.3) is 0 Å². The maximum absolute atomic E-state index is 6.49. The highest BCUT2D eigenvalue weighted by Gasteiger charge is 2.39. The molecule has 3 N–H and O–H groups in total. The molecule has 0 amide bonds. The van der Waals surface area contributed by atoms with E-state index in [2.05, 4.69) is 23.8 Å². The van der Waals surface area contributed by atoms with Gasteiger partial charge < -0.3 is 10.7 Å². The van der Waals surface area contributed by atoms with Gasteiger partial charge >= 0.3 is 0 Å². The molecule has 96 valence electrons. The zero-order valence-electron chi connectivity index (χ0n) is 11.1. The molecular weight excluding hydrogens is 210 g/mol. The average molecular weight is 235 g/mol. The van der Waals surface area contributed by atoms with Gasteiger partial charge in [-0.1, -0.05) is 26.7 Å². The molecule has 17 heavy (non-hydrogen) atoms. The summed E-state index contributed by atoms with van der Waals surface area (Å²) in [5, 5.41) is 0. The Labute approximate surface area is 104 Å². The van der Waals surface area contributed by atoms with Crippen molar-refractivity contribution >= 4 is 0 Å². The first kappa shape index (κ1) is 12.6. The number of nitrogens with zero attached hydrogens (tertiary/aromatic N) is 1. The van der Waals surface area contributed by atoms with Crippen LogP contribution in [0.15, 0.2) is 12.4 Å². The second-order valence-corrected chi connectivity index (χ2v) is 6.01. The second-order valence-electron chi connectivity index (χ2n) is 6.01. The fourth-order valence-electron chi connectivity index (χ4n) is 3.45. The van der Waals surface area contributed by atoms with Gasteiger partial charge in [-0.15, -0.1) is 0 Å². The van der Waals surface area contributed by atoms with Crippen molar-refractivity contribution in [1.29, 1.82) is 0 Å². The third-order valence-corrected chi connectivity index (χ3v) is 4.17. The van der Waals surface area contributed by atoms with Crippen LogP contribution in [-0.4, -0.2) is 16.0 Å². The molecule has 2 rings (SSSR count). The maximum Gasteiger partial charge on any atom is 0.107 e. The van der Waals surface area contributed by atoms with Crippen molar-refractivity contribution in [3.63, 3.8) is 0 Å². The van der Waals surface area contributed by atoms with Gasteiger partial charge in [-0.3, -0.25) is 0 Å². The number of imidazole rings is 1. The SMILES string of the molecule is CC(C)CC1(C(N)Cc2ncc[nH]2)CCCC1. The summed E-state index contributed by atoms with van der Waals surface area (Å²) in [4.78, 5) is 7.47. The normalized spacial score (nSPS) is 20.9. The molecule has 1 aliphatic rings. The van der Waals surface area contributed by atoms with Crippen LogP contribution >= 0.6 is 0 Å². The first-order valence-electron chi connectivity index (χ1n) is 6.86. The highest BCUT2D eigenvalue weighted by molar-refractivity contribution is 5.00. The molecule has 1 aromatic heterocycles. The number of hydrogen-bond acceptors (Lipinski definition) is 2. The van der Waals surface area contributed by atoms with Crippen LogP contribution in [0.1, 0.15) is 51.8 Å². The van der Waals surface area contributed by atoms with Gasteiger partial charge in [0.05, 0.1) is 0 Å². The zero-order chi connectivity index (χ0) is 12.3. The monoisotopic (exact) mass is 235 g/mol. The summed E-state index contributed by atoms with van der Waals surface area (Å²) in [6.07, 6.45) is 11.1. The fraction of sp³-hybridized carbons (Fsp3) is 0.786. The Kier molecular flexibility index (Phi) is 3.87. The van der Waals surface area contributed by atoms with Gasteiger partial charge in [-0.2, -0.15) is 0 Å². The summed E-state index contributed by atoms with van der Waals surface area (Å²) < 4.78 is 0. The van der Waals surface area contributed by atoms with E-state index in [9.17, 15) is 0 Å². The number of rotatable bonds is 5. The predicted molar refractivity (Wildman–Crippen MR) is 70.6 cm³/mol. The summed E-state index contributed by atoms with van der Waals surface area (Å²) in [5.74, 6) is 1.77. The van der Waals surface area contributed by atoms with E-state index >= 15 is 0 Å². The number of aromatic amines is 1. The number of hydrogen-bond donors (Lipinski definition) is 2. The van der Waals surface area contributed by atoms with Gasteiger partial charge in [0, 0.05) is 24.9 Å². The van der Waals surface area contributed by atoms with Crippen LogP contribution in [0.25, 0.3) is 0 Å². The lowest BCUT2D eigenvalue weighted by Gasteiger charge is -2.36. The van der Waals surface area contributed by atoms with Gasteiger partial charge in [0.1, 0.15) is 5.82 Å². The van der Waals surface area contributed by atoms with E-state index in [1.165, 1.54) is 32.1 Å². The Morgan fingerprint density at radius 2 is 2.12 bits per heavy atom. The van der Waals surface area contributed by atoms with Crippen molar-refractivity contribution < 1.29 is 0 Å². The highest BCUT2D eigenvalue weighted by atomic mass is 14.9. The number of aromatic nitrogens is 2. The molecule has 0 radical (unpaired) electrons.